The van der Waals surface area contributed by atoms with Gasteiger partial charge >= 0.3 is 0 Å². The minimum atomic E-state index is -3.42. The smallest absolute Gasteiger partial charge is 0.195 e. The Labute approximate surface area is 144 Å². The van der Waals surface area contributed by atoms with Gasteiger partial charge in [0, 0.05) is 26.2 Å². The molecule has 5 heteroatoms. The topological polar surface area (TPSA) is 40.6 Å². The number of nitrogens with zero attached hydrogens (tertiary/aromatic N) is 2. The Balaban J connectivity index is 1.80. The van der Waals surface area contributed by atoms with E-state index in [2.05, 4.69) is 18.2 Å². The molecule has 4 nitrogen and oxygen atoms in total. The highest BCUT2D eigenvalue weighted by atomic mass is 32.2. The molecule has 0 atom stereocenters. The predicted molar refractivity (Wildman–Crippen MR) is 96.7 cm³/mol. The summed E-state index contributed by atoms with van der Waals surface area (Å²) < 4.78 is 29.1. The highest BCUT2D eigenvalue weighted by molar-refractivity contribution is 7.86. The maximum Gasteiger partial charge on any atom is 0.282 e. The second-order valence-corrected chi connectivity index (χ2v) is 8.37. The Bertz CT molecular complexity index is 803. The van der Waals surface area contributed by atoms with Crippen LogP contribution in [-0.4, -0.2) is 30.1 Å². The van der Waals surface area contributed by atoms with Crippen LogP contribution >= 0.6 is 0 Å². The number of benzene rings is 2. The van der Waals surface area contributed by atoms with Crippen LogP contribution in [0.4, 0.5) is 0 Å². The molecule has 1 fully saturated rings. The fraction of sp³-hybridized carbons (Fsp3) is 0.368. The van der Waals surface area contributed by atoms with Gasteiger partial charge in [-0.15, -0.1) is 0 Å². The van der Waals surface area contributed by atoms with Gasteiger partial charge in [-0.25, -0.2) is 0 Å². The SMILES string of the molecule is Cc1ccc(C)c(CN2CCCN(Cc3ccccc3)S2(=O)=O)c1. The molecule has 24 heavy (non-hydrogen) atoms. The lowest BCUT2D eigenvalue weighted by Crippen LogP contribution is -2.48. The van der Waals surface area contributed by atoms with Crippen molar-refractivity contribution in [3.05, 3.63) is 70.8 Å². The van der Waals surface area contributed by atoms with E-state index in [4.69, 9.17) is 0 Å². The number of rotatable bonds is 4. The van der Waals surface area contributed by atoms with Crippen LogP contribution in [0.2, 0.25) is 0 Å². The Hall–Kier alpha value is -1.69. The van der Waals surface area contributed by atoms with Crippen molar-refractivity contribution in [2.45, 2.75) is 33.4 Å². The Morgan fingerprint density at radius 2 is 1.58 bits per heavy atom. The van der Waals surface area contributed by atoms with E-state index in [0.29, 0.717) is 26.2 Å². The van der Waals surface area contributed by atoms with Crippen molar-refractivity contribution < 1.29 is 8.42 Å². The molecule has 0 bridgehead atoms. The third kappa shape index (κ3) is 3.69. The van der Waals surface area contributed by atoms with E-state index in [-0.39, 0.29) is 0 Å². The van der Waals surface area contributed by atoms with Crippen LogP contribution in [0.15, 0.2) is 48.5 Å². The van der Waals surface area contributed by atoms with Gasteiger partial charge in [0.05, 0.1) is 0 Å². The summed E-state index contributed by atoms with van der Waals surface area (Å²) in [7, 11) is -3.42. The fourth-order valence-electron chi connectivity index (χ4n) is 3.09. The molecule has 0 aromatic heterocycles. The quantitative estimate of drug-likeness (QED) is 0.854. The molecule has 0 amide bonds. The minimum absolute atomic E-state index is 0.437. The van der Waals surface area contributed by atoms with E-state index < -0.39 is 10.2 Å². The Kier molecular flexibility index (Phi) is 5.04. The summed E-state index contributed by atoms with van der Waals surface area (Å²) in [6.07, 6.45) is 0.858. The first-order valence-corrected chi connectivity index (χ1v) is 9.72. The van der Waals surface area contributed by atoms with Gasteiger partial charge in [0.2, 0.25) is 0 Å². The molecule has 1 aliphatic rings. The molecule has 1 aliphatic heterocycles. The normalized spacial score (nSPS) is 18.6. The van der Waals surface area contributed by atoms with Crippen LogP contribution in [0.3, 0.4) is 0 Å². The highest BCUT2D eigenvalue weighted by Gasteiger charge is 2.33. The Morgan fingerprint density at radius 1 is 0.917 bits per heavy atom. The molecular weight excluding hydrogens is 320 g/mol. The van der Waals surface area contributed by atoms with Crippen LogP contribution in [-0.2, 0) is 23.3 Å². The van der Waals surface area contributed by atoms with Crippen LogP contribution in [0.1, 0.15) is 28.7 Å². The molecule has 0 saturated carbocycles. The van der Waals surface area contributed by atoms with Gasteiger partial charge in [0.1, 0.15) is 0 Å². The molecule has 3 rings (SSSR count). The highest BCUT2D eigenvalue weighted by Crippen LogP contribution is 2.23. The van der Waals surface area contributed by atoms with Crippen LogP contribution in [0.5, 0.6) is 0 Å². The molecule has 1 heterocycles. The third-order valence-electron chi connectivity index (χ3n) is 4.52. The third-order valence-corrected chi connectivity index (χ3v) is 6.45. The molecule has 1 saturated heterocycles. The standard InChI is InChI=1S/C19H24N2O2S/c1-16-9-10-17(2)19(13-16)15-21-12-6-11-20(24(21,22)23)14-18-7-4-3-5-8-18/h3-5,7-10,13H,6,11-12,14-15H2,1-2H3. The van der Waals surface area contributed by atoms with Gasteiger partial charge in [-0.05, 0) is 37.0 Å². The summed E-state index contributed by atoms with van der Waals surface area (Å²) >= 11 is 0. The molecule has 0 N–H and O–H groups in total. The van der Waals surface area contributed by atoms with E-state index in [9.17, 15) is 8.42 Å². The van der Waals surface area contributed by atoms with Crippen molar-refractivity contribution in [1.29, 1.82) is 0 Å². The van der Waals surface area contributed by atoms with Crippen molar-refractivity contribution in [2.24, 2.45) is 0 Å². The summed E-state index contributed by atoms with van der Waals surface area (Å²) in [6, 6.07) is 16.0. The lowest BCUT2D eigenvalue weighted by molar-refractivity contribution is 0.275. The monoisotopic (exact) mass is 344 g/mol. The van der Waals surface area contributed by atoms with Crippen LogP contribution in [0.25, 0.3) is 0 Å². The second kappa shape index (κ2) is 7.05. The van der Waals surface area contributed by atoms with Crippen molar-refractivity contribution in [1.82, 2.24) is 8.61 Å². The second-order valence-electron chi connectivity index (χ2n) is 6.44. The molecule has 128 valence electrons. The number of hydrogen-bond donors (Lipinski definition) is 0. The summed E-state index contributed by atoms with van der Waals surface area (Å²) in [6.45, 7) is 6.12. The van der Waals surface area contributed by atoms with Gasteiger partial charge in [0.15, 0.2) is 0 Å². The van der Waals surface area contributed by atoms with E-state index in [1.165, 1.54) is 0 Å². The van der Waals surface area contributed by atoms with E-state index in [0.717, 1.165) is 28.7 Å². The lowest BCUT2D eigenvalue weighted by atomic mass is 10.1. The van der Waals surface area contributed by atoms with Gasteiger partial charge in [0.25, 0.3) is 10.2 Å². The first-order valence-electron chi connectivity index (χ1n) is 8.32. The maximum atomic E-state index is 13.0. The van der Waals surface area contributed by atoms with Gasteiger partial charge in [-0.1, -0.05) is 54.1 Å². The first-order chi connectivity index (χ1) is 11.5. The van der Waals surface area contributed by atoms with Crippen molar-refractivity contribution in [3.63, 3.8) is 0 Å². The summed E-state index contributed by atoms with van der Waals surface area (Å²) in [5, 5.41) is 0. The first kappa shape index (κ1) is 17.1. The van der Waals surface area contributed by atoms with E-state index in [1.54, 1.807) is 8.61 Å². The average Bonchev–Trinajstić information content (AvgIpc) is 2.56. The summed E-state index contributed by atoms with van der Waals surface area (Å²) in [5.74, 6) is 0. The summed E-state index contributed by atoms with van der Waals surface area (Å²) in [5.41, 5.74) is 4.40. The zero-order valence-corrected chi connectivity index (χ0v) is 15.1. The van der Waals surface area contributed by atoms with E-state index in [1.807, 2.05) is 44.2 Å². The van der Waals surface area contributed by atoms with Gasteiger partial charge < -0.3 is 0 Å². The van der Waals surface area contributed by atoms with Gasteiger partial charge in [-0.2, -0.15) is 17.0 Å². The molecule has 2 aromatic carbocycles. The summed E-state index contributed by atoms with van der Waals surface area (Å²) in [4.78, 5) is 0. The zero-order valence-electron chi connectivity index (χ0n) is 14.3. The molecule has 0 spiro atoms. The van der Waals surface area contributed by atoms with Crippen molar-refractivity contribution >= 4 is 10.2 Å². The van der Waals surface area contributed by atoms with Crippen LogP contribution < -0.4 is 0 Å². The van der Waals surface area contributed by atoms with Gasteiger partial charge in [-0.3, -0.25) is 0 Å². The average molecular weight is 344 g/mol. The fourth-order valence-corrected chi connectivity index (χ4v) is 4.75. The molecule has 2 aromatic rings. The maximum absolute atomic E-state index is 13.0. The predicted octanol–water partition coefficient (Wildman–Crippen LogP) is 3.26. The van der Waals surface area contributed by atoms with Crippen LogP contribution in [0, 0.1) is 13.8 Å². The Morgan fingerprint density at radius 3 is 2.29 bits per heavy atom. The largest absolute Gasteiger partial charge is 0.282 e. The van der Waals surface area contributed by atoms with E-state index >= 15 is 0 Å². The zero-order chi connectivity index (χ0) is 17.2. The molecular formula is C19H24N2O2S. The van der Waals surface area contributed by atoms with Crippen molar-refractivity contribution in [2.75, 3.05) is 13.1 Å². The molecule has 0 radical (unpaired) electrons. The lowest BCUT2D eigenvalue weighted by Gasteiger charge is -2.35. The minimum Gasteiger partial charge on any atom is -0.195 e. The molecule has 0 unspecified atom stereocenters. The van der Waals surface area contributed by atoms with Crippen molar-refractivity contribution in [3.8, 4) is 0 Å². The molecule has 0 aliphatic carbocycles. The number of aryl methyl sites for hydroxylation is 2. The number of hydrogen-bond acceptors (Lipinski definition) is 2.